The molecule has 2 aliphatic heterocycles. The molecule has 0 aromatic heterocycles. The van der Waals surface area contributed by atoms with Crippen LogP contribution in [0, 0.1) is 11.6 Å². The Labute approximate surface area is 184 Å². The van der Waals surface area contributed by atoms with Gasteiger partial charge in [-0.3, -0.25) is 14.5 Å². The van der Waals surface area contributed by atoms with E-state index in [1.165, 1.54) is 13.2 Å². The highest BCUT2D eigenvalue weighted by Gasteiger charge is 2.43. The van der Waals surface area contributed by atoms with Crippen molar-refractivity contribution in [3.05, 3.63) is 65.4 Å². The number of rotatable bonds is 6. The van der Waals surface area contributed by atoms with E-state index >= 15 is 0 Å². The first-order chi connectivity index (χ1) is 15.4. The summed E-state index contributed by atoms with van der Waals surface area (Å²) in [5.74, 6) is -2.78. The summed E-state index contributed by atoms with van der Waals surface area (Å²) in [6, 6.07) is 9.71. The minimum absolute atomic E-state index is 0.0289. The van der Waals surface area contributed by atoms with Crippen LogP contribution in [0.5, 0.6) is 5.75 Å². The average Bonchev–Trinajstić information content (AvgIpc) is 3.06. The van der Waals surface area contributed by atoms with Crippen LogP contribution in [-0.4, -0.2) is 73.2 Å². The molecule has 2 aliphatic rings. The summed E-state index contributed by atoms with van der Waals surface area (Å²) >= 11 is 0. The third kappa shape index (κ3) is 3.96. The number of aliphatic hydroxyl groups excluding tert-OH is 1. The van der Waals surface area contributed by atoms with Gasteiger partial charge in [0, 0.05) is 38.8 Å². The van der Waals surface area contributed by atoms with Crippen LogP contribution in [0.1, 0.15) is 5.56 Å². The van der Waals surface area contributed by atoms with Gasteiger partial charge >= 0.3 is 0 Å². The number of benzene rings is 2. The van der Waals surface area contributed by atoms with Crippen LogP contribution in [-0.2, 0) is 9.59 Å². The van der Waals surface area contributed by atoms with Crippen molar-refractivity contribution < 1.29 is 28.2 Å². The second-order valence-corrected chi connectivity index (χ2v) is 7.55. The number of carbonyl (C=O) groups excluding carboxylic acids is 2. The maximum Gasteiger partial charge on any atom is 0.282 e. The molecule has 7 nitrogen and oxygen atoms in total. The Morgan fingerprint density at radius 2 is 1.62 bits per heavy atom. The van der Waals surface area contributed by atoms with Crippen LogP contribution in [0.25, 0.3) is 5.57 Å². The summed E-state index contributed by atoms with van der Waals surface area (Å²) in [6.45, 7) is 2.78. The zero-order valence-corrected chi connectivity index (χ0v) is 17.6. The molecule has 2 aromatic carbocycles. The Morgan fingerprint density at radius 3 is 2.22 bits per heavy atom. The number of methoxy groups -OCH3 is 1. The molecule has 2 aromatic rings. The van der Waals surface area contributed by atoms with Gasteiger partial charge in [-0.05, 0) is 29.8 Å². The van der Waals surface area contributed by atoms with Crippen LogP contribution in [0.2, 0.25) is 0 Å². The summed E-state index contributed by atoms with van der Waals surface area (Å²) in [5.41, 5.74) is 0.937. The molecular formula is C23H23F2N3O4. The molecule has 9 heteroatoms. The fourth-order valence-electron chi connectivity index (χ4n) is 4.02. The van der Waals surface area contributed by atoms with E-state index in [9.17, 15) is 23.5 Å². The Morgan fingerprint density at radius 1 is 0.938 bits per heavy atom. The van der Waals surface area contributed by atoms with Crippen LogP contribution in [0.4, 0.5) is 14.5 Å². The van der Waals surface area contributed by atoms with E-state index in [2.05, 4.69) is 4.90 Å². The lowest BCUT2D eigenvalue weighted by Crippen LogP contribution is -2.48. The maximum atomic E-state index is 13.9. The third-order valence-electron chi connectivity index (χ3n) is 5.70. The second kappa shape index (κ2) is 9.05. The minimum Gasteiger partial charge on any atom is -0.497 e. The lowest BCUT2D eigenvalue weighted by molar-refractivity contribution is -0.120. The van der Waals surface area contributed by atoms with Crippen molar-refractivity contribution in [1.29, 1.82) is 0 Å². The summed E-state index contributed by atoms with van der Waals surface area (Å²) in [6.07, 6.45) is 0. The Bertz CT molecular complexity index is 1060. The fourth-order valence-corrected chi connectivity index (χ4v) is 4.02. The minimum atomic E-state index is -1.14. The largest absolute Gasteiger partial charge is 0.497 e. The van der Waals surface area contributed by atoms with Crippen LogP contribution in [0.15, 0.2) is 48.2 Å². The number of imide groups is 1. The van der Waals surface area contributed by atoms with Crippen molar-refractivity contribution in [2.75, 3.05) is 51.3 Å². The van der Waals surface area contributed by atoms with Crippen molar-refractivity contribution in [2.24, 2.45) is 0 Å². The SMILES string of the molecule is COc1ccc(C2=C(N3CCN(CCO)CC3)C(=O)N(c3ccc(F)c(F)c3)C2=O)cc1. The first-order valence-electron chi connectivity index (χ1n) is 10.2. The lowest BCUT2D eigenvalue weighted by atomic mass is 10.0. The number of hydrogen-bond acceptors (Lipinski definition) is 6. The summed E-state index contributed by atoms with van der Waals surface area (Å²) in [7, 11) is 1.53. The summed E-state index contributed by atoms with van der Waals surface area (Å²) in [4.78, 5) is 31.6. The van der Waals surface area contributed by atoms with Gasteiger partial charge in [0.2, 0.25) is 0 Å². The highest BCUT2D eigenvalue weighted by Crippen LogP contribution is 2.36. The van der Waals surface area contributed by atoms with Crippen LogP contribution < -0.4 is 9.64 Å². The highest BCUT2D eigenvalue weighted by atomic mass is 19.2. The number of hydrogen-bond donors (Lipinski definition) is 1. The van der Waals surface area contributed by atoms with Gasteiger partial charge in [-0.1, -0.05) is 12.1 Å². The quantitative estimate of drug-likeness (QED) is 0.688. The lowest BCUT2D eigenvalue weighted by Gasteiger charge is -2.36. The molecule has 0 atom stereocenters. The van der Waals surface area contributed by atoms with E-state index in [0.29, 0.717) is 44.0 Å². The first kappa shape index (κ1) is 21.9. The number of β-amino-alcohol motifs (C(OH)–C–C–N with tert-alkyl or cyclic N) is 1. The van der Waals surface area contributed by atoms with E-state index < -0.39 is 23.4 Å². The molecule has 1 N–H and O–H groups in total. The van der Waals surface area contributed by atoms with Crippen molar-refractivity contribution in [3.63, 3.8) is 0 Å². The average molecular weight is 443 g/mol. The molecule has 0 saturated carbocycles. The number of carbonyl (C=O) groups is 2. The topological polar surface area (TPSA) is 73.3 Å². The Hall–Kier alpha value is -3.30. The molecule has 168 valence electrons. The molecular weight excluding hydrogens is 420 g/mol. The van der Waals surface area contributed by atoms with Crippen LogP contribution >= 0.6 is 0 Å². The van der Waals surface area contributed by atoms with E-state index in [-0.39, 0.29) is 23.6 Å². The summed E-state index contributed by atoms with van der Waals surface area (Å²) < 4.78 is 32.5. The molecule has 0 bridgehead atoms. The van der Waals surface area contributed by atoms with E-state index in [1.807, 2.05) is 4.90 Å². The molecule has 0 unspecified atom stereocenters. The standard InChI is InChI=1S/C23H23F2N3O4/c1-32-17-5-2-15(3-6-17)20-21(27-10-8-26(9-11-27)12-13-29)23(31)28(22(20)30)16-4-7-18(24)19(25)14-16/h2-7,14,29H,8-13H2,1H3. The van der Waals surface area contributed by atoms with Crippen molar-refractivity contribution in [2.45, 2.75) is 0 Å². The number of ether oxygens (including phenoxy) is 1. The Balaban J connectivity index is 1.74. The van der Waals surface area contributed by atoms with E-state index in [0.717, 1.165) is 17.0 Å². The number of amides is 2. The predicted octanol–water partition coefficient (Wildman–Crippen LogP) is 1.87. The molecule has 2 amide bonds. The molecule has 1 fully saturated rings. The second-order valence-electron chi connectivity index (χ2n) is 7.55. The maximum absolute atomic E-state index is 13.9. The molecule has 0 aliphatic carbocycles. The fraction of sp³-hybridized carbons (Fsp3) is 0.304. The smallest absolute Gasteiger partial charge is 0.282 e. The van der Waals surface area contributed by atoms with Gasteiger partial charge in [-0.25, -0.2) is 13.7 Å². The van der Waals surface area contributed by atoms with Gasteiger partial charge in [-0.15, -0.1) is 0 Å². The van der Waals surface area contributed by atoms with Gasteiger partial charge in [0.25, 0.3) is 11.8 Å². The van der Waals surface area contributed by atoms with Crippen molar-refractivity contribution in [3.8, 4) is 5.75 Å². The number of halogens is 2. The van der Waals surface area contributed by atoms with Crippen molar-refractivity contribution in [1.82, 2.24) is 9.80 Å². The van der Waals surface area contributed by atoms with Crippen molar-refractivity contribution >= 4 is 23.1 Å². The molecule has 0 spiro atoms. The monoisotopic (exact) mass is 443 g/mol. The highest BCUT2D eigenvalue weighted by molar-refractivity contribution is 6.45. The van der Waals surface area contributed by atoms with E-state index in [1.54, 1.807) is 24.3 Å². The van der Waals surface area contributed by atoms with Gasteiger partial charge in [0.15, 0.2) is 11.6 Å². The Kier molecular flexibility index (Phi) is 6.20. The zero-order chi connectivity index (χ0) is 22.8. The predicted molar refractivity (Wildman–Crippen MR) is 114 cm³/mol. The molecule has 0 radical (unpaired) electrons. The van der Waals surface area contributed by atoms with Crippen LogP contribution in [0.3, 0.4) is 0 Å². The van der Waals surface area contributed by atoms with Gasteiger partial charge in [-0.2, -0.15) is 0 Å². The number of anilines is 1. The molecule has 1 saturated heterocycles. The summed E-state index contributed by atoms with van der Waals surface area (Å²) in [5, 5.41) is 9.17. The zero-order valence-electron chi connectivity index (χ0n) is 17.6. The molecule has 32 heavy (non-hydrogen) atoms. The van der Waals surface area contributed by atoms with Gasteiger partial charge in [0.05, 0.1) is 25.0 Å². The normalized spacial score (nSPS) is 17.5. The molecule has 2 heterocycles. The third-order valence-corrected chi connectivity index (χ3v) is 5.70. The first-order valence-corrected chi connectivity index (χ1v) is 10.2. The number of piperazine rings is 1. The molecule has 4 rings (SSSR count). The van der Waals surface area contributed by atoms with E-state index in [4.69, 9.17) is 4.74 Å². The van der Waals surface area contributed by atoms with Gasteiger partial charge in [0.1, 0.15) is 11.4 Å². The van der Waals surface area contributed by atoms with Gasteiger partial charge < -0.3 is 14.7 Å². The number of aliphatic hydroxyl groups is 1. The number of nitrogens with zero attached hydrogens (tertiary/aromatic N) is 3.